The van der Waals surface area contributed by atoms with Crippen molar-refractivity contribution in [3.05, 3.63) is 35.4 Å². The Labute approximate surface area is 92.8 Å². The third-order valence-electron chi connectivity index (χ3n) is 2.68. The van der Waals surface area contributed by atoms with E-state index in [2.05, 4.69) is 4.74 Å². The van der Waals surface area contributed by atoms with Crippen LogP contribution in [0.15, 0.2) is 24.3 Å². The summed E-state index contributed by atoms with van der Waals surface area (Å²) in [6.07, 6.45) is 0.222. The fourth-order valence-electron chi connectivity index (χ4n) is 1.86. The Balaban J connectivity index is 2.50. The predicted octanol–water partition coefficient (Wildman–Crippen LogP) is 0.159. The van der Waals surface area contributed by atoms with E-state index >= 15 is 0 Å². The van der Waals surface area contributed by atoms with Crippen LogP contribution in [0, 0.1) is 0 Å². The van der Waals surface area contributed by atoms with Gasteiger partial charge in [0.1, 0.15) is 0 Å². The van der Waals surface area contributed by atoms with E-state index in [0.29, 0.717) is 0 Å². The molecule has 1 aliphatic heterocycles. The molecule has 0 aromatic heterocycles. The van der Waals surface area contributed by atoms with Gasteiger partial charge in [0.15, 0.2) is 6.04 Å². The lowest BCUT2D eigenvalue weighted by molar-refractivity contribution is -0.154. The number of hydrogen-bond donors (Lipinski definition) is 1. The summed E-state index contributed by atoms with van der Waals surface area (Å²) in [7, 11) is 1.28. The number of rotatable bonds is 1. The molecule has 2 rings (SSSR count). The minimum atomic E-state index is -0.831. The van der Waals surface area contributed by atoms with Crippen molar-refractivity contribution in [3.8, 4) is 0 Å². The maximum atomic E-state index is 11.6. The lowest BCUT2D eigenvalue weighted by Crippen LogP contribution is -2.48. The van der Waals surface area contributed by atoms with Gasteiger partial charge in [-0.3, -0.25) is 9.80 Å². The third kappa shape index (κ3) is 1.55. The Hall–Kier alpha value is -1.88. The van der Waals surface area contributed by atoms with E-state index in [4.69, 9.17) is 5.84 Å². The van der Waals surface area contributed by atoms with Crippen molar-refractivity contribution in [2.75, 3.05) is 7.11 Å². The quantitative estimate of drug-likeness (QED) is 0.415. The molecule has 0 unspecified atom stereocenters. The zero-order chi connectivity index (χ0) is 11.7. The minimum absolute atomic E-state index is 0.222. The highest BCUT2D eigenvalue weighted by molar-refractivity contribution is 5.89. The standard InChI is InChI=1S/C11H12N2O3/c1-16-11(15)10-8-5-3-2-4-7(8)6-9(14)13(10)12/h2-5,10H,6,12H2,1H3/t10-/m0/s1. The molecule has 1 aliphatic rings. The average molecular weight is 220 g/mol. The second-order valence-corrected chi connectivity index (χ2v) is 3.60. The van der Waals surface area contributed by atoms with Crippen LogP contribution in [0.3, 0.4) is 0 Å². The molecule has 16 heavy (non-hydrogen) atoms. The van der Waals surface area contributed by atoms with Gasteiger partial charge in [-0.15, -0.1) is 0 Å². The minimum Gasteiger partial charge on any atom is -0.467 e. The molecule has 0 spiro atoms. The first-order valence-electron chi connectivity index (χ1n) is 4.87. The summed E-state index contributed by atoms with van der Waals surface area (Å²) in [4.78, 5) is 23.2. The fourth-order valence-corrected chi connectivity index (χ4v) is 1.86. The second-order valence-electron chi connectivity index (χ2n) is 3.60. The molecule has 1 heterocycles. The first kappa shape index (κ1) is 10.6. The van der Waals surface area contributed by atoms with Gasteiger partial charge in [0.05, 0.1) is 13.5 Å². The molecule has 0 radical (unpaired) electrons. The number of ether oxygens (including phenoxy) is 1. The van der Waals surface area contributed by atoms with E-state index in [9.17, 15) is 9.59 Å². The molecule has 5 heteroatoms. The van der Waals surface area contributed by atoms with Crippen LogP contribution in [-0.2, 0) is 20.7 Å². The monoisotopic (exact) mass is 220 g/mol. The number of hydrogen-bond acceptors (Lipinski definition) is 4. The predicted molar refractivity (Wildman–Crippen MR) is 55.9 cm³/mol. The Kier molecular flexibility index (Phi) is 2.62. The van der Waals surface area contributed by atoms with Gasteiger partial charge in [0, 0.05) is 0 Å². The van der Waals surface area contributed by atoms with Gasteiger partial charge in [-0.25, -0.2) is 10.6 Å². The zero-order valence-corrected chi connectivity index (χ0v) is 8.84. The van der Waals surface area contributed by atoms with Crippen molar-refractivity contribution in [1.82, 2.24) is 5.01 Å². The maximum absolute atomic E-state index is 11.6. The van der Waals surface area contributed by atoms with Crippen molar-refractivity contribution < 1.29 is 14.3 Å². The number of amides is 1. The summed E-state index contributed by atoms with van der Waals surface area (Å²) in [5.74, 6) is 4.79. The molecule has 0 saturated carbocycles. The van der Waals surface area contributed by atoms with Crippen LogP contribution in [0.2, 0.25) is 0 Å². The summed E-state index contributed by atoms with van der Waals surface area (Å²) in [5, 5.41) is 0.939. The number of carbonyl (C=O) groups excluding carboxylic acids is 2. The highest BCUT2D eigenvalue weighted by Crippen LogP contribution is 2.28. The first-order chi connectivity index (χ1) is 7.65. The van der Waals surface area contributed by atoms with E-state index < -0.39 is 12.0 Å². The molecule has 2 N–H and O–H groups in total. The number of nitrogens with two attached hydrogens (primary N) is 1. The van der Waals surface area contributed by atoms with Gasteiger partial charge < -0.3 is 4.74 Å². The van der Waals surface area contributed by atoms with Crippen LogP contribution in [0.5, 0.6) is 0 Å². The maximum Gasteiger partial charge on any atom is 0.334 e. The van der Waals surface area contributed by atoms with Crippen LogP contribution in [0.25, 0.3) is 0 Å². The van der Waals surface area contributed by atoms with E-state index in [0.717, 1.165) is 16.1 Å². The highest BCUT2D eigenvalue weighted by atomic mass is 16.5. The van der Waals surface area contributed by atoms with Gasteiger partial charge >= 0.3 is 5.97 Å². The molecule has 0 aliphatic carbocycles. The Bertz CT molecular complexity index is 445. The lowest BCUT2D eigenvalue weighted by atomic mass is 9.93. The fraction of sp³-hybridized carbons (Fsp3) is 0.273. The second kappa shape index (κ2) is 3.94. The van der Waals surface area contributed by atoms with Crippen LogP contribution < -0.4 is 5.84 Å². The van der Waals surface area contributed by atoms with E-state index in [1.807, 2.05) is 12.1 Å². The number of fused-ring (bicyclic) bond motifs is 1. The summed E-state index contributed by atoms with van der Waals surface area (Å²) in [5.41, 5.74) is 1.56. The van der Waals surface area contributed by atoms with E-state index in [1.54, 1.807) is 12.1 Å². The average Bonchev–Trinajstić information content (AvgIpc) is 2.30. The van der Waals surface area contributed by atoms with Crippen molar-refractivity contribution >= 4 is 11.9 Å². The van der Waals surface area contributed by atoms with Gasteiger partial charge in [0.25, 0.3) is 0 Å². The Morgan fingerprint density at radius 3 is 2.88 bits per heavy atom. The molecule has 5 nitrogen and oxygen atoms in total. The Morgan fingerprint density at radius 1 is 1.50 bits per heavy atom. The third-order valence-corrected chi connectivity index (χ3v) is 2.68. The number of nitrogens with zero attached hydrogens (tertiary/aromatic N) is 1. The normalized spacial score (nSPS) is 19.2. The van der Waals surface area contributed by atoms with Gasteiger partial charge in [-0.05, 0) is 11.1 Å². The van der Waals surface area contributed by atoms with E-state index in [-0.39, 0.29) is 12.3 Å². The van der Waals surface area contributed by atoms with Gasteiger partial charge in [-0.2, -0.15) is 0 Å². The molecule has 1 aromatic rings. The number of carbonyl (C=O) groups is 2. The molecule has 1 amide bonds. The molecular formula is C11H12N2O3. The number of benzene rings is 1. The van der Waals surface area contributed by atoms with Crippen molar-refractivity contribution in [2.45, 2.75) is 12.5 Å². The van der Waals surface area contributed by atoms with Crippen LogP contribution in [0.1, 0.15) is 17.2 Å². The molecule has 0 fully saturated rings. The highest BCUT2D eigenvalue weighted by Gasteiger charge is 2.36. The molecule has 1 atom stereocenters. The molecule has 0 saturated heterocycles. The molecule has 0 bridgehead atoms. The van der Waals surface area contributed by atoms with Crippen LogP contribution in [0.4, 0.5) is 0 Å². The zero-order valence-electron chi connectivity index (χ0n) is 8.84. The van der Waals surface area contributed by atoms with Crippen molar-refractivity contribution in [2.24, 2.45) is 5.84 Å². The van der Waals surface area contributed by atoms with Gasteiger partial charge in [0.2, 0.25) is 5.91 Å². The molecular weight excluding hydrogens is 208 g/mol. The smallest absolute Gasteiger partial charge is 0.334 e. The van der Waals surface area contributed by atoms with Crippen LogP contribution in [-0.4, -0.2) is 24.0 Å². The van der Waals surface area contributed by atoms with Crippen LogP contribution >= 0.6 is 0 Å². The molecule has 84 valence electrons. The number of esters is 1. The summed E-state index contributed by atoms with van der Waals surface area (Å²) in [6, 6.07) is 6.40. The summed E-state index contributed by atoms with van der Waals surface area (Å²) < 4.78 is 4.65. The first-order valence-corrected chi connectivity index (χ1v) is 4.87. The topological polar surface area (TPSA) is 72.6 Å². The van der Waals surface area contributed by atoms with E-state index in [1.165, 1.54) is 7.11 Å². The number of methoxy groups -OCH3 is 1. The summed E-state index contributed by atoms with van der Waals surface area (Å²) in [6.45, 7) is 0. The summed E-state index contributed by atoms with van der Waals surface area (Å²) >= 11 is 0. The van der Waals surface area contributed by atoms with Crippen molar-refractivity contribution in [3.63, 3.8) is 0 Å². The van der Waals surface area contributed by atoms with Gasteiger partial charge in [-0.1, -0.05) is 24.3 Å². The largest absolute Gasteiger partial charge is 0.467 e. The lowest BCUT2D eigenvalue weighted by Gasteiger charge is -2.31. The SMILES string of the molecule is COC(=O)[C@@H]1c2ccccc2CC(=O)N1N. The molecule has 1 aromatic carbocycles. The number of hydrazine groups is 1. The Morgan fingerprint density at radius 2 is 2.19 bits per heavy atom. The van der Waals surface area contributed by atoms with Crippen molar-refractivity contribution in [1.29, 1.82) is 0 Å².